The molecule has 1 heterocycles. The third-order valence-electron chi connectivity index (χ3n) is 1.26. The Kier molecular flexibility index (Phi) is 3.24. The Morgan fingerprint density at radius 2 is 2.33 bits per heavy atom. The Morgan fingerprint density at radius 1 is 1.50 bits per heavy atom. The first-order valence-corrected chi connectivity index (χ1v) is 3.71. The average Bonchev–Trinajstić information content (AvgIpc) is 2.05. The fourth-order valence-electron chi connectivity index (χ4n) is 0.732. The fourth-order valence-corrected chi connectivity index (χ4v) is 0.732. The van der Waals surface area contributed by atoms with Crippen molar-refractivity contribution < 1.29 is 5.11 Å². The molecule has 0 atom stereocenters. The second kappa shape index (κ2) is 4.47. The molecule has 12 heavy (non-hydrogen) atoms. The fraction of sp³-hybridized carbons (Fsp3) is 0.333. The van der Waals surface area contributed by atoms with Crippen LogP contribution in [0.1, 0.15) is 17.8 Å². The second-order valence-electron chi connectivity index (χ2n) is 2.32. The lowest BCUT2D eigenvalue weighted by Gasteiger charge is -1.89. The van der Waals surface area contributed by atoms with Gasteiger partial charge in [0.15, 0.2) is 0 Å². The van der Waals surface area contributed by atoms with Gasteiger partial charge in [-0.2, -0.15) is 0 Å². The Morgan fingerprint density at radius 3 is 3.00 bits per heavy atom. The molecule has 0 amide bonds. The molecular weight excluding hydrogens is 152 g/mol. The van der Waals surface area contributed by atoms with Crippen LogP contribution in [0.15, 0.2) is 12.4 Å². The summed E-state index contributed by atoms with van der Waals surface area (Å²) in [6.07, 6.45) is 1.97. The second-order valence-corrected chi connectivity index (χ2v) is 2.32. The number of aliphatic hydroxyl groups excluding tert-OH is 1. The van der Waals surface area contributed by atoms with E-state index in [0.29, 0.717) is 12.1 Å². The van der Waals surface area contributed by atoms with Gasteiger partial charge >= 0.3 is 0 Å². The van der Waals surface area contributed by atoms with Gasteiger partial charge in [-0.15, -0.1) is 0 Å². The maximum atomic E-state index is 8.46. The van der Waals surface area contributed by atoms with Crippen molar-refractivity contribution in [2.24, 2.45) is 0 Å². The van der Waals surface area contributed by atoms with Crippen molar-refractivity contribution in [3.8, 4) is 11.8 Å². The van der Waals surface area contributed by atoms with Crippen LogP contribution >= 0.6 is 0 Å². The largest absolute Gasteiger partial charge is 0.395 e. The molecule has 3 nitrogen and oxygen atoms in total. The molecule has 1 aromatic rings. The van der Waals surface area contributed by atoms with Crippen LogP contribution in [-0.4, -0.2) is 21.7 Å². The minimum absolute atomic E-state index is 0.0943. The summed E-state index contributed by atoms with van der Waals surface area (Å²) >= 11 is 0. The monoisotopic (exact) mass is 162 g/mol. The van der Waals surface area contributed by atoms with E-state index in [1.54, 1.807) is 0 Å². The standard InChI is InChI=1S/C9H10N2O/c1-8-6-9(11-7-10-8)4-2-3-5-12/h6-7,12H,3,5H2,1H3. The van der Waals surface area contributed by atoms with Gasteiger partial charge in [0.25, 0.3) is 0 Å². The van der Waals surface area contributed by atoms with E-state index in [-0.39, 0.29) is 6.61 Å². The van der Waals surface area contributed by atoms with Crippen molar-refractivity contribution in [3.63, 3.8) is 0 Å². The minimum Gasteiger partial charge on any atom is -0.395 e. The van der Waals surface area contributed by atoms with Crippen LogP contribution < -0.4 is 0 Å². The molecule has 62 valence electrons. The van der Waals surface area contributed by atoms with Gasteiger partial charge < -0.3 is 5.11 Å². The molecule has 1 rings (SSSR count). The van der Waals surface area contributed by atoms with E-state index < -0.39 is 0 Å². The van der Waals surface area contributed by atoms with Crippen molar-refractivity contribution >= 4 is 0 Å². The van der Waals surface area contributed by atoms with Crippen molar-refractivity contribution in [1.82, 2.24) is 9.97 Å². The smallest absolute Gasteiger partial charge is 0.117 e. The van der Waals surface area contributed by atoms with E-state index in [2.05, 4.69) is 21.8 Å². The van der Waals surface area contributed by atoms with Crippen molar-refractivity contribution in [2.45, 2.75) is 13.3 Å². The molecule has 0 unspecified atom stereocenters. The van der Waals surface area contributed by atoms with Crippen LogP contribution in [0.25, 0.3) is 0 Å². The van der Waals surface area contributed by atoms with Crippen LogP contribution in [0, 0.1) is 18.8 Å². The normalized spacial score (nSPS) is 8.83. The number of nitrogens with zero attached hydrogens (tertiary/aromatic N) is 2. The summed E-state index contributed by atoms with van der Waals surface area (Å²) in [6.45, 7) is 1.98. The molecule has 0 radical (unpaired) electrons. The Bertz CT molecular complexity index is 312. The van der Waals surface area contributed by atoms with Gasteiger partial charge in [-0.05, 0) is 18.9 Å². The van der Waals surface area contributed by atoms with E-state index in [0.717, 1.165) is 5.69 Å². The lowest BCUT2D eigenvalue weighted by Crippen LogP contribution is -1.87. The highest BCUT2D eigenvalue weighted by atomic mass is 16.2. The van der Waals surface area contributed by atoms with E-state index in [9.17, 15) is 0 Å². The highest BCUT2D eigenvalue weighted by Crippen LogP contribution is 1.93. The minimum atomic E-state index is 0.0943. The zero-order valence-corrected chi connectivity index (χ0v) is 6.91. The molecular formula is C9H10N2O. The maximum Gasteiger partial charge on any atom is 0.117 e. The van der Waals surface area contributed by atoms with E-state index in [1.165, 1.54) is 6.33 Å². The van der Waals surface area contributed by atoms with Gasteiger partial charge in [-0.3, -0.25) is 0 Å². The van der Waals surface area contributed by atoms with Crippen molar-refractivity contribution in [1.29, 1.82) is 0 Å². The van der Waals surface area contributed by atoms with E-state index >= 15 is 0 Å². The Hall–Kier alpha value is -1.40. The number of hydrogen-bond donors (Lipinski definition) is 1. The molecule has 0 bridgehead atoms. The number of aliphatic hydroxyl groups is 1. The van der Waals surface area contributed by atoms with Crippen LogP contribution in [0.2, 0.25) is 0 Å². The Labute approximate surface area is 71.5 Å². The molecule has 0 fully saturated rings. The molecule has 0 saturated carbocycles. The summed E-state index contributed by atoms with van der Waals surface area (Å²) < 4.78 is 0. The van der Waals surface area contributed by atoms with Crippen LogP contribution in [0.3, 0.4) is 0 Å². The third-order valence-corrected chi connectivity index (χ3v) is 1.26. The zero-order valence-electron chi connectivity index (χ0n) is 6.91. The summed E-state index contributed by atoms with van der Waals surface area (Å²) in [5.74, 6) is 5.61. The lowest BCUT2D eigenvalue weighted by molar-refractivity contribution is 0.305. The molecule has 0 aliphatic heterocycles. The van der Waals surface area contributed by atoms with Gasteiger partial charge in [0.1, 0.15) is 12.0 Å². The highest BCUT2D eigenvalue weighted by Gasteiger charge is 1.88. The van der Waals surface area contributed by atoms with Crippen molar-refractivity contribution in [3.05, 3.63) is 23.8 Å². The molecule has 3 heteroatoms. The molecule has 0 spiro atoms. The van der Waals surface area contributed by atoms with Gasteiger partial charge in [0.05, 0.1) is 6.61 Å². The zero-order chi connectivity index (χ0) is 8.81. The first-order valence-electron chi connectivity index (χ1n) is 3.71. The van der Waals surface area contributed by atoms with E-state index in [1.807, 2.05) is 13.0 Å². The Balaban J connectivity index is 2.71. The lowest BCUT2D eigenvalue weighted by atomic mass is 10.3. The van der Waals surface area contributed by atoms with E-state index in [4.69, 9.17) is 5.11 Å². The molecule has 0 aliphatic carbocycles. The van der Waals surface area contributed by atoms with Crippen LogP contribution in [0.4, 0.5) is 0 Å². The molecule has 1 aromatic heterocycles. The molecule has 0 aromatic carbocycles. The maximum absolute atomic E-state index is 8.46. The quantitative estimate of drug-likeness (QED) is 0.612. The number of rotatable bonds is 1. The van der Waals surface area contributed by atoms with Gasteiger partial charge in [-0.1, -0.05) is 5.92 Å². The number of aromatic nitrogens is 2. The van der Waals surface area contributed by atoms with Gasteiger partial charge in [-0.25, -0.2) is 9.97 Å². The summed E-state index contributed by atoms with van der Waals surface area (Å²) in [4.78, 5) is 7.88. The third kappa shape index (κ3) is 2.69. The topological polar surface area (TPSA) is 46.0 Å². The predicted molar refractivity (Wildman–Crippen MR) is 45.3 cm³/mol. The number of hydrogen-bond acceptors (Lipinski definition) is 3. The summed E-state index contributed by atoms with van der Waals surface area (Å²) in [5, 5.41) is 8.46. The summed E-state index contributed by atoms with van der Waals surface area (Å²) in [5.41, 5.74) is 1.61. The molecule has 0 saturated heterocycles. The van der Waals surface area contributed by atoms with Crippen molar-refractivity contribution in [2.75, 3.05) is 6.61 Å². The first kappa shape index (κ1) is 8.69. The average molecular weight is 162 g/mol. The van der Waals surface area contributed by atoms with Crippen LogP contribution in [-0.2, 0) is 0 Å². The summed E-state index contributed by atoms with van der Waals surface area (Å²) in [6, 6.07) is 1.81. The molecule has 1 N–H and O–H groups in total. The first-order chi connectivity index (χ1) is 5.83. The predicted octanol–water partition coefficient (Wildman–Crippen LogP) is 0.519. The molecule has 0 aliphatic rings. The van der Waals surface area contributed by atoms with Gasteiger partial charge in [0.2, 0.25) is 0 Å². The number of aryl methyl sites for hydroxylation is 1. The van der Waals surface area contributed by atoms with Gasteiger partial charge in [0, 0.05) is 12.1 Å². The SMILES string of the molecule is Cc1cc(C#CCCO)ncn1. The highest BCUT2D eigenvalue weighted by molar-refractivity contribution is 5.27. The van der Waals surface area contributed by atoms with Crippen LogP contribution in [0.5, 0.6) is 0 Å². The summed E-state index contributed by atoms with van der Waals surface area (Å²) in [7, 11) is 0.